The minimum atomic E-state index is -7.72. The molecule has 0 saturated carbocycles. The number of hydrogen-bond acceptors (Lipinski definition) is 15. The van der Waals surface area contributed by atoms with Gasteiger partial charge in [0.15, 0.2) is 0 Å². The van der Waals surface area contributed by atoms with E-state index in [2.05, 4.69) is 0 Å². The van der Waals surface area contributed by atoms with Gasteiger partial charge in [-0.05, 0) is 0 Å². The van der Waals surface area contributed by atoms with E-state index in [1.165, 1.54) is 0 Å². The normalized spacial score (nSPS) is 16.8. The molecule has 0 bridgehead atoms. The Hall–Kier alpha value is 2.53. The van der Waals surface area contributed by atoms with Crippen LogP contribution in [0.4, 0.5) is 0 Å². The summed E-state index contributed by atoms with van der Waals surface area (Å²) >= 11 is -23.2. The van der Waals surface area contributed by atoms with Crippen molar-refractivity contribution in [2.45, 2.75) is 0 Å². The number of hydrogen-bond donors (Lipinski definition) is 0. The molecule has 0 aliphatic heterocycles. The third kappa shape index (κ3) is 1220. The van der Waals surface area contributed by atoms with Crippen molar-refractivity contribution < 1.29 is 180 Å². The fourth-order valence-electron chi connectivity index (χ4n) is 0. The van der Waals surface area contributed by atoms with E-state index in [-0.39, 0.29) is 81.7 Å². The molecule has 20 heteroatoms. The number of rotatable bonds is 0. The average molecular weight is 832 g/mol. The topological polar surface area (TPSA) is 292 Å². The van der Waals surface area contributed by atoms with E-state index in [0.29, 0.717) is 0 Å². The average Bonchev–Trinajstić information content (AvgIpc) is 1.29. The summed E-state index contributed by atoms with van der Waals surface area (Å²) in [6, 6.07) is 0. The SMILES string of the molecule is [Nd+3].[Nd+3].[O]=[Ru](=[O])(=[O])([O-])[O-].[O]=[Ru](=[O])(=[O])([O-])[O-].[O]=[Ru](=[O])(=[O])([O-])[O-]. The van der Waals surface area contributed by atoms with Gasteiger partial charge in [0.1, 0.15) is 0 Å². The van der Waals surface area contributed by atoms with Crippen molar-refractivity contribution in [1.82, 2.24) is 0 Å². The summed E-state index contributed by atoms with van der Waals surface area (Å²) in [5, 5.41) is 0. The standard InChI is InChI=1S/2Nd.15O.3Ru/q2*+3;;;;;;;;;;6*-1;;;. The van der Waals surface area contributed by atoms with E-state index in [0.717, 1.165) is 0 Å². The van der Waals surface area contributed by atoms with Crippen molar-refractivity contribution in [2.24, 2.45) is 0 Å². The first-order valence-corrected chi connectivity index (χ1v) is 12.8. The first-order valence-electron chi connectivity index (χ1n) is 2.17. The maximum atomic E-state index is 8.64. The zero-order chi connectivity index (χ0) is 16.3. The molecule has 0 atom stereocenters. The Bertz CT molecular complexity index is 689. The first-order chi connectivity index (χ1) is 6.71. The fraction of sp³-hybridized carbons (Fsp3) is 0. The molecule has 2 radical (unpaired) electrons. The Morgan fingerprint density at radius 1 is 0.350 bits per heavy atom. The second-order valence-electron chi connectivity index (χ2n) is 1.77. The zero-order valence-electron chi connectivity index (χ0n) is 8.18. The van der Waals surface area contributed by atoms with Crippen molar-refractivity contribution in [3.63, 3.8) is 0 Å². The van der Waals surface area contributed by atoms with Crippen LogP contribution in [0.5, 0.6) is 0 Å². The molecule has 0 aromatic carbocycles. The van der Waals surface area contributed by atoms with Crippen LogP contribution in [0.3, 0.4) is 0 Å². The van der Waals surface area contributed by atoms with E-state index in [1.54, 1.807) is 0 Å². The molecule has 0 aliphatic carbocycles. The monoisotopic (exact) mass is 829 g/mol. The van der Waals surface area contributed by atoms with Crippen LogP contribution in [0.15, 0.2) is 0 Å². The molecule has 15 nitrogen and oxygen atoms in total. The predicted molar refractivity (Wildman–Crippen MR) is 6.18 cm³/mol. The van der Waals surface area contributed by atoms with Crippen molar-refractivity contribution >= 4 is 0 Å². The predicted octanol–water partition coefficient (Wildman–Crippen LogP) is -8.21. The van der Waals surface area contributed by atoms with Gasteiger partial charge < -0.3 is 0 Å². The molecule has 0 saturated heterocycles. The summed E-state index contributed by atoms with van der Waals surface area (Å²) in [6.07, 6.45) is 0. The Balaban J connectivity index is -0.0000000536. The van der Waals surface area contributed by atoms with Crippen LogP contribution in [0.2, 0.25) is 0 Å². The summed E-state index contributed by atoms with van der Waals surface area (Å²) in [4.78, 5) is 0. The Morgan fingerprint density at radius 3 is 0.350 bits per heavy atom. The van der Waals surface area contributed by atoms with E-state index >= 15 is 0 Å². The molecule has 0 spiro atoms. The van der Waals surface area contributed by atoms with Crippen molar-refractivity contribution in [3.8, 4) is 0 Å². The summed E-state index contributed by atoms with van der Waals surface area (Å²) < 4.78 is 130. The van der Waals surface area contributed by atoms with E-state index in [9.17, 15) is 0 Å². The van der Waals surface area contributed by atoms with Crippen LogP contribution in [-0.2, 0) is 74.7 Å². The van der Waals surface area contributed by atoms with Gasteiger partial charge in [0.25, 0.3) is 0 Å². The zero-order valence-corrected chi connectivity index (χ0v) is 19.8. The third-order valence-electron chi connectivity index (χ3n) is 0. The minimum absolute atomic E-state index is 0. The molecule has 122 valence electrons. The van der Waals surface area contributed by atoms with Gasteiger partial charge in [0.05, 0.1) is 0 Å². The third-order valence-corrected chi connectivity index (χ3v) is 0. The second kappa shape index (κ2) is 8.58. The molecule has 20 heavy (non-hydrogen) atoms. The van der Waals surface area contributed by atoms with Gasteiger partial charge in [-0.3, -0.25) is 0 Å². The van der Waals surface area contributed by atoms with E-state index in [1.807, 2.05) is 0 Å². The molecule has 0 N–H and O–H groups in total. The summed E-state index contributed by atoms with van der Waals surface area (Å²) in [6.45, 7) is 0. The Morgan fingerprint density at radius 2 is 0.350 bits per heavy atom. The van der Waals surface area contributed by atoms with Crippen LogP contribution in [0, 0.1) is 81.7 Å². The maximum absolute atomic E-state index is 8.64. The van der Waals surface area contributed by atoms with Gasteiger partial charge in [0.2, 0.25) is 0 Å². The molecule has 0 aliphatic rings. The fourth-order valence-corrected chi connectivity index (χ4v) is 0. The quantitative estimate of drug-likeness (QED) is 0.205. The summed E-state index contributed by atoms with van der Waals surface area (Å²) in [7, 11) is 0. The van der Waals surface area contributed by atoms with Crippen molar-refractivity contribution in [1.29, 1.82) is 0 Å². The second-order valence-corrected chi connectivity index (χ2v) is 10.5. The van der Waals surface area contributed by atoms with Crippen LogP contribution in [-0.4, -0.2) is 0 Å². The molecule has 0 fully saturated rings. The van der Waals surface area contributed by atoms with Crippen LogP contribution in [0.25, 0.3) is 0 Å². The van der Waals surface area contributed by atoms with E-state index in [4.69, 9.17) is 55.8 Å². The molecule has 0 aromatic rings. The first kappa shape index (κ1) is 34.0. The summed E-state index contributed by atoms with van der Waals surface area (Å²) in [5.74, 6) is 0. The van der Waals surface area contributed by atoms with Gasteiger partial charge in [-0.1, -0.05) is 0 Å². The van der Waals surface area contributed by atoms with Gasteiger partial charge >= 0.3 is 180 Å². The molecule has 0 amide bonds. The van der Waals surface area contributed by atoms with Crippen LogP contribution < -0.4 is 23.6 Å². The summed E-state index contributed by atoms with van der Waals surface area (Å²) in [5.41, 5.74) is 0. The molecule has 0 heterocycles. The van der Waals surface area contributed by atoms with E-state index < -0.39 is 42.5 Å². The Labute approximate surface area is 176 Å². The molecular weight excluding hydrogens is 832 g/mol. The van der Waals surface area contributed by atoms with Gasteiger partial charge in [-0.25, -0.2) is 0 Å². The van der Waals surface area contributed by atoms with Gasteiger partial charge in [0, 0.05) is 0 Å². The molecule has 0 aromatic heterocycles. The molecule has 0 rings (SSSR count). The molecule has 0 unspecified atom stereocenters. The van der Waals surface area contributed by atoms with Crippen molar-refractivity contribution in [3.05, 3.63) is 0 Å². The molecular formula is Nd2O15Ru3. The van der Waals surface area contributed by atoms with Gasteiger partial charge in [-0.15, -0.1) is 0 Å². The Kier molecular flexibility index (Phi) is 14.6. The van der Waals surface area contributed by atoms with Crippen molar-refractivity contribution in [2.75, 3.05) is 0 Å². The van der Waals surface area contributed by atoms with Crippen LogP contribution in [0.1, 0.15) is 0 Å². The van der Waals surface area contributed by atoms with Crippen LogP contribution >= 0.6 is 0 Å². The van der Waals surface area contributed by atoms with Gasteiger partial charge in [-0.2, -0.15) is 0 Å².